The summed E-state index contributed by atoms with van der Waals surface area (Å²) < 4.78 is 10.7. The molecule has 0 aliphatic carbocycles. The normalized spacial score (nSPS) is 12.0. The summed E-state index contributed by atoms with van der Waals surface area (Å²) in [6.45, 7) is -0.476. The Kier molecular flexibility index (Phi) is 2.19. The molecule has 0 aromatic carbocycles. The van der Waals surface area contributed by atoms with Crippen LogP contribution in [0.5, 0.6) is 0 Å². The van der Waals surface area contributed by atoms with Gasteiger partial charge >= 0.3 is 0 Å². The zero-order valence-electron chi connectivity index (χ0n) is 4.65. The van der Waals surface area contributed by atoms with E-state index in [2.05, 4.69) is 0 Å². The highest BCUT2D eigenvalue weighted by Gasteiger charge is 1.97. The van der Waals surface area contributed by atoms with E-state index in [0.717, 1.165) is 0 Å². The Morgan fingerprint density at radius 1 is 1.57 bits per heavy atom. The van der Waals surface area contributed by atoms with E-state index in [-0.39, 0.29) is 6.54 Å². The number of rotatable bonds is 2. The number of halogens is 1. The molecule has 3 heteroatoms. The first-order chi connectivity index (χ1) is 3.06. The molecule has 0 saturated heterocycles. The van der Waals surface area contributed by atoms with Crippen molar-refractivity contribution >= 4 is 0 Å². The minimum atomic E-state index is -0.531. The van der Waals surface area contributed by atoms with Crippen LogP contribution in [0.15, 0.2) is 0 Å². The summed E-state index contributed by atoms with van der Waals surface area (Å²) in [4.78, 5) is 0. The summed E-state index contributed by atoms with van der Waals surface area (Å²) in [5, 5.41) is 10.4. The highest BCUT2D eigenvalue weighted by molar-refractivity contribution is 4.26. The van der Waals surface area contributed by atoms with Gasteiger partial charge < -0.3 is 9.85 Å². The lowest BCUT2D eigenvalue weighted by atomic mass is 10.6. The van der Waals surface area contributed by atoms with Crippen molar-refractivity contribution in [1.29, 1.82) is 0 Å². The van der Waals surface area contributed by atoms with E-state index < -0.39 is 11.3 Å². The molecule has 0 rings (SSSR count). The van der Waals surface area contributed by atoms with Gasteiger partial charge in [0, 0.05) is 0 Å². The molecule has 44 valence electrons. The Morgan fingerprint density at radius 3 is 2.00 bits per heavy atom. The summed E-state index contributed by atoms with van der Waals surface area (Å²) in [5.41, 5.74) is 0. The molecule has 0 aliphatic heterocycles. The average molecular weight is 107 g/mol. The van der Waals surface area contributed by atoms with Crippen LogP contribution in [0.1, 0.15) is 0 Å². The number of alkyl halides is 1. The molecule has 0 bridgehead atoms. The Bertz CT molecular complexity index is 50.1. The van der Waals surface area contributed by atoms with E-state index in [4.69, 9.17) is 0 Å². The van der Waals surface area contributed by atoms with Gasteiger partial charge in [-0.25, -0.2) is 4.39 Å². The monoisotopic (exact) mass is 107 g/mol. The van der Waals surface area contributed by atoms with E-state index in [1.807, 2.05) is 0 Å². The van der Waals surface area contributed by atoms with Crippen molar-refractivity contribution in [3.05, 3.63) is 5.21 Å². The molecule has 0 spiro atoms. The third-order valence-corrected chi connectivity index (χ3v) is 0.623. The first-order valence-electron chi connectivity index (χ1n) is 2.16. The van der Waals surface area contributed by atoms with Crippen LogP contribution >= 0.6 is 0 Å². The maximum Gasteiger partial charge on any atom is 0.139 e. The summed E-state index contributed by atoms with van der Waals surface area (Å²) >= 11 is 0. The van der Waals surface area contributed by atoms with Crippen LogP contribution in [0, 0.1) is 5.21 Å². The molecule has 0 unspecified atom stereocenters. The fourth-order valence-corrected chi connectivity index (χ4v) is 0.204. The fourth-order valence-electron chi connectivity index (χ4n) is 0.204. The molecule has 2 nitrogen and oxygen atoms in total. The number of hydrogen-bond acceptors (Lipinski definition) is 1. The zero-order valence-corrected chi connectivity index (χ0v) is 4.65. The first-order valence-corrected chi connectivity index (χ1v) is 2.16. The number of hydrogen-bond donors (Lipinski definition) is 0. The van der Waals surface area contributed by atoms with Crippen LogP contribution in [-0.2, 0) is 0 Å². The number of quaternary nitrogens is 1. The summed E-state index contributed by atoms with van der Waals surface area (Å²) in [6, 6.07) is 0. The first kappa shape index (κ1) is 6.85. The smallest absolute Gasteiger partial charge is 0.139 e. The lowest BCUT2D eigenvalue weighted by Crippen LogP contribution is -2.34. The highest BCUT2D eigenvalue weighted by Crippen LogP contribution is 1.89. The lowest BCUT2D eigenvalue weighted by molar-refractivity contribution is -0.839. The molecule has 0 amide bonds. The van der Waals surface area contributed by atoms with Crippen LogP contribution in [0.3, 0.4) is 0 Å². The van der Waals surface area contributed by atoms with Crippen molar-refractivity contribution in [1.82, 2.24) is 0 Å². The summed E-state index contributed by atoms with van der Waals surface area (Å²) in [6.07, 6.45) is 0. The minimum absolute atomic E-state index is 0.0556. The van der Waals surface area contributed by atoms with Gasteiger partial charge in [0.25, 0.3) is 0 Å². The van der Waals surface area contributed by atoms with E-state index in [1.165, 1.54) is 14.1 Å². The average Bonchev–Trinajstić information content (AvgIpc) is 1.30. The van der Waals surface area contributed by atoms with E-state index >= 15 is 0 Å². The molecular formula is C4H10FNO. The molecular weight excluding hydrogens is 97.0 g/mol. The van der Waals surface area contributed by atoms with Crippen LogP contribution in [0.4, 0.5) is 4.39 Å². The third-order valence-electron chi connectivity index (χ3n) is 0.623. The summed E-state index contributed by atoms with van der Waals surface area (Å²) in [7, 11) is 2.83. The molecule has 0 heterocycles. The largest absolute Gasteiger partial charge is 0.633 e. The second kappa shape index (κ2) is 2.23. The van der Waals surface area contributed by atoms with Crippen molar-refractivity contribution in [2.45, 2.75) is 0 Å². The van der Waals surface area contributed by atoms with E-state index in [1.54, 1.807) is 0 Å². The minimum Gasteiger partial charge on any atom is -0.633 e. The standard InChI is InChI=1S/C4H10FNO/c1-6(2,7)4-3-5/h3-4H2,1-2H3. The van der Waals surface area contributed by atoms with Gasteiger partial charge in [-0.15, -0.1) is 0 Å². The molecule has 0 N–H and O–H groups in total. The van der Waals surface area contributed by atoms with E-state index in [0.29, 0.717) is 0 Å². The van der Waals surface area contributed by atoms with Gasteiger partial charge in [0.2, 0.25) is 0 Å². The quantitative estimate of drug-likeness (QED) is 0.373. The van der Waals surface area contributed by atoms with Gasteiger partial charge in [0.05, 0.1) is 14.1 Å². The van der Waals surface area contributed by atoms with Crippen molar-refractivity contribution in [3.8, 4) is 0 Å². The van der Waals surface area contributed by atoms with Crippen molar-refractivity contribution in [3.63, 3.8) is 0 Å². The molecule has 0 aromatic heterocycles. The third kappa shape index (κ3) is 5.85. The van der Waals surface area contributed by atoms with Gasteiger partial charge in [0.15, 0.2) is 0 Å². The molecule has 7 heavy (non-hydrogen) atoms. The molecule has 0 atom stereocenters. The van der Waals surface area contributed by atoms with Crippen LogP contribution in [-0.4, -0.2) is 32.0 Å². The Balaban J connectivity index is 3.15. The second-order valence-electron chi connectivity index (χ2n) is 1.99. The lowest BCUT2D eigenvalue weighted by Gasteiger charge is -2.32. The predicted molar refractivity (Wildman–Crippen MR) is 26.3 cm³/mol. The van der Waals surface area contributed by atoms with Crippen molar-refractivity contribution < 1.29 is 9.04 Å². The topological polar surface area (TPSA) is 23.1 Å². The van der Waals surface area contributed by atoms with Gasteiger partial charge in [-0.1, -0.05) is 0 Å². The SMILES string of the molecule is C[N+](C)([O-])CCF. The van der Waals surface area contributed by atoms with Crippen LogP contribution in [0.2, 0.25) is 0 Å². The van der Waals surface area contributed by atoms with Crippen LogP contribution in [0.25, 0.3) is 0 Å². The molecule has 0 aliphatic rings. The van der Waals surface area contributed by atoms with Crippen molar-refractivity contribution in [2.24, 2.45) is 0 Å². The Hall–Kier alpha value is -0.150. The van der Waals surface area contributed by atoms with Gasteiger partial charge in [-0.05, 0) is 0 Å². The Labute approximate surface area is 42.7 Å². The molecule has 0 radical (unpaired) electrons. The maximum atomic E-state index is 11.3. The van der Waals surface area contributed by atoms with Gasteiger partial charge in [-0.2, -0.15) is 0 Å². The van der Waals surface area contributed by atoms with Crippen LogP contribution < -0.4 is 0 Å². The van der Waals surface area contributed by atoms with Crippen molar-refractivity contribution in [2.75, 3.05) is 27.3 Å². The van der Waals surface area contributed by atoms with E-state index in [9.17, 15) is 9.60 Å². The zero-order chi connectivity index (χ0) is 5.91. The molecule has 0 saturated carbocycles. The molecule has 0 fully saturated rings. The van der Waals surface area contributed by atoms with Gasteiger partial charge in [-0.3, -0.25) is 0 Å². The number of nitrogens with zero attached hydrogens (tertiary/aromatic N) is 1. The highest BCUT2D eigenvalue weighted by atomic mass is 19.1. The van der Waals surface area contributed by atoms with Gasteiger partial charge in [0.1, 0.15) is 13.2 Å². The maximum absolute atomic E-state index is 11.3. The predicted octanol–water partition coefficient (Wildman–Crippen LogP) is 0.530. The summed E-state index contributed by atoms with van der Waals surface area (Å²) in [5.74, 6) is 0. The Morgan fingerprint density at radius 2 is 2.00 bits per heavy atom. The fraction of sp³-hybridized carbons (Fsp3) is 1.00. The second-order valence-corrected chi connectivity index (χ2v) is 1.99. The number of hydroxylamine groups is 3. The molecule has 0 aromatic rings.